The Hall–Kier alpha value is -2.62. The normalized spacial score (nSPS) is 17.2. The monoisotopic (exact) mass is 322 g/mol. The molecule has 1 aliphatic heterocycles. The van der Waals surface area contributed by atoms with Gasteiger partial charge in [-0.2, -0.15) is 0 Å². The highest BCUT2D eigenvalue weighted by molar-refractivity contribution is 6.04. The first-order valence-corrected chi connectivity index (χ1v) is 8.34. The lowest BCUT2D eigenvalue weighted by Crippen LogP contribution is -2.37. The SMILES string of the molecule is CCN(C(=O)[C@H]1CC(=O)N(c2ccccc2)C1)c1ccccc1C. The molecule has 2 aromatic carbocycles. The van der Waals surface area contributed by atoms with Gasteiger partial charge < -0.3 is 9.80 Å². The number of hydrogen-bond donors (Lipinski definition) is 0. The molecule has 2 aromatic rings. The van der Waals surface area contributed by atoms with E-state index in [9.17, 15) is 9.59 Å². The smallest absolute Gasteiger partial charge is 0.232 e. The first-order valence-electron chi connectivity index (χ1n) is 8.34. The Morgan fingerprint density at radius 3 is 2.46 bits per heavy atom. The van der Waals surface area contributed by atoms with Crippen molar-refractivity contribution in [2.75, 3.05) is 22.9 Å². The lowest BCUT2D eigenvalue weighted by atomic mass is 10.1. The molecule has 0 spiro atoms. The van der Waals surface area contributed by atoms with Crippen LogP contribution in [0.1, 0.15) is 18.9 Å². The number of hydrogen-bond acceptors (Lipinski definition) is 2. The van der Waals surface area contributed by atoms with Gasteiger partial charge in [-0.15, -0.1) is 0 Å². The zero-order valence-electron chi connectivity index (χ0n) is 14.1. The van der Waals surface area contributed by atoms with E-state index in [4.69, 9.17) is 0 Å². The molecular formula is C20H22N2O2. The molecule has 1 fully saturated rings. The molecule has 24 heavy (non-hydrogen) atoms. The van der Waals surface area contributed by atoms with Crippen LogP contribution < -0.4 is 9.80 Å². The van der Waals surface area contributed by atoms with Gasteiger partial charge in [0.25, 0.3) is 0 Å². The number of rotatable bonds is 4. The van der Waals surface area contributed by atoms with Gasteiger partial charge in [-0.3, -0.25) is 9.59 Å². The number of nitrogens with zero attached hydrogens (tertiary/aromatic N) is 2. The van der Waals surface area contributed by atoms with Crippen LogP contribution in [-0.2, 0) is 9.59 Å². The van der Waals surface area contributed by atoms with Crippen molar-refractivity contribution in [1.29, 1.82) is 0 Å². The van der Waals surface area contributed by atoms with Gasteiger partial charge in [0.1, 0.15) is 0 Å². The standard InChI is InChI=1S/C20H22N2O2/c1-3-21(18-12-8-7-9-15(18)2)20(24)16-13-19(23)22(14-16)17-10-5-4-6-11-17/h4-12,16H,3,13-14H2,1-2H3/t16-/m0/s1. The molecule has 0 unspecified atom stereocenters. The minimum Gasteiger partial charge on any atom is -0.312 e. The summed E-state index contributed by atoms with van der Waals surface area (Å²) >= 11 is 0. The predicted molar refractivity (Wildman–Crippen MR) is 96.1 cm³/mol. The third-order valence-corrected chi connectivity index (χ3v) is 4.53. The molecule has 2 amide bonds. The highest BCUT2D eigenvalue weighted by Gasteiger charge is 2.37. The van der Waals surface area contributed by atoms with E-state index >= 15 is 0 Å². The molecule has 124 valence electrons. The molecule has 0 aliphatic carbocycles. The summed E-state index contributed by atoms with van der Waals surface area (Å²) in [5.41, 5.74) is 2.85. The minimum atomic E-state index is -0.294. The maximum atomic E-state index is 13.0. The largest absolute Gasteiger partial charge is 0.312 e. The van der Waals surface area contributed by atoms with Gasteiger partial charge in [0, 0.05) is 30.9 Å². The second kappa shape index (κ2) is 6.87. The molecule has 1 atom stereocenters. The third kappa shape index (κ3) is 3.04. The molecule has 0 aromatic heterocycles. The van der Waals surface area contributed by atoms with Gasteiger partial charge >= 0.3 is 0 Å². The van der Waals surface area contributed by atoms with E-state index < -0.39 is 0 Å². The molecule has 4 heteroatoms. The summed E-state index contributed by atoms with van der Waals surface area (Å²) in [5, 5.41) is 0. The average molecular weight is 322 g/mol. The Kier molecular flexibility index (Phi) is 4.65. The lowest BCUT2D eigenvalue weighted by Gasteiger charge is -2.26. The van der Waals surface area contributed by atoms with Crippen LogP contribution in [-0.4, -0.2) is 24.9 Å². The fourth-order valence-corrected chi connectivity index (χ4v) is 3.26. The van der Waals surface area contributed by atoms with Gasteiger partial charge in [-0.1, -0.05) is 36.4 Å². The molecule has 0 bridgehead atoms. The summed E-state index contributed by atoms with van der Waals surface area (Å²) < 4.78 is 0. The molecule has 0 N–H and O–H groups in total. The van der Waals surface area contributed by atoms with Crippen LogP contribution in [0.15, 0.2) is 54.6 Å². The van der Waals surface area contributed by atoms with Crippen LogP contribution in [0.5, 0.6) is 0 Å². The minimum absolute atomic E-state index is 0.0142. The fraction of sp³-hybridized carbons (Fsp3) is 0.300. The van der Waals surface area contributed by atoms with Gasteiger partial charge in [0.05, 0.1) is 5.92 Å². The number of carbonyl (C=O) groups excluding carboxylic acids is 2. The molecule has 3 rings (SSSR count). The van der Waals surface area contributed by atoms with E-state index in [-0.39, 0.29) is 24.2 Å². The van der Waals surface area contributed by atoms with Gasteiger partial charge in [-0.05, 0) is 37.6 Å². The van der Waals surface area contributed by atoms with Crippen molar-refractivity contribution in [1.82, 2.24) is 0 Å². The van der Waals surface area contributed by atoms with E-state index in [2.05, 4.69) is 0 Å². The Bertz CT molecular complexity index is 742. The van der Waals surface area contributed by atoms with Crippen molar-refractivity contribution in [3.05, 3.63) is 60.2 Å². The number of carbonyl (C=O) groups is 2. The summed E-state index contributed by atoms with van der Waals surface area (Å²) in [7, 11) is 0. The van der Waals surface area contributed by atoms with Crippen LogP contribution in [0.4, 0.5) is 11.4 Å². The molecule has 0 saturated carbocycles. The lowest BCUT2D eigenvalue weighted by molar-refractivity contribution is -0.124. The third-order valence-electron chi connectivity index (χ3n) is 4.53. The molecule has 1 heterocycles. The summed E-state index contributed by atoms with van der Waals surface area (Å²) in [6, 6.07) is 17.4. The molecule has 1 aliphatic rings. The quantitative estimate of drug-likeness (QED) is 0.865. The highest BCUT2D eigenvalue weighted by Crippen LogP contribution is 2.28. The summed E-state index contributed by atoms with van der Waals surface area (Å²) in [4.78, 5) is 28.9. The zero-order valence-corrected chi connectivity index (χ0v) is 14.1. The maximum Gasteiger partial charge on any atom is 0.232 e. The average Bonchev–Trinajstić information content (AvgIpc) is 3.00. The van der Waals surface area contributed by atoms with E-state index in [1.54, 1.807) is 9.80 Å². The number of anilines is 2. The van der Waals surface area contributed by atoms with Gasteiger partial charge in [0.15, 0.2) is 0 Å². The number of amides is 2. The Morgan fingerprint density at radius 2 is 1.79 bits per heavy atom. The van der Waals surface area contributed by atoms with Crippen LogP contribution in [0, 0.1) is 12.8 Å². The predicted octanol–water partition coefficient (Wildman–Crippen LogP) is 3.40. The van der Waals surface area contributed by atoms with Gasteiger partial charge in [-0.25, -0.2) is 0 Å². The van der Waals surface area contributed by atoms with Crippen molar-refractivity contribution >= 4 is 23.2 Å². The highest BCUT2D eigenvalue weighted by atomic mass is 16.2. The van der Waals surface area contributed by atoms with Crippen molar-refractivity contribution in [3.63, 3.8) is 0 Å². The fourth-order valence-electron chi connectivity index (χ4n) is 3.26. The Balaban J connectivity index is 1.80. The second-order valence-electron chi connectivity index (χ2n) is 6.11. The Labute approximate surface area is 142 Å². The zero-order chi connectivity index (χ0) is 17.1. The van der Waals surface area contributed by atoms with Crippen LogP contribution >= 0.6 is 0 Å². The Morgan fingerprint density at radius 1 is 1.12 bits per heavy atom. The van der Waals surface area contributed by atoms with Gasteiger partial charge in [0.2, 0.25) is 11.8 Å². The van der Waals surface area contributed by atoms with E-state index in [0.717, 1.165) is 16.9 Å². The van der Waals surface area contributed by atoms with Crippen LogP contribution in [0.25, 0.3) is 0 Å². The van der Waals surface area contributed by atoms with E-state index in [1.165, 1.54) is 0 Å². The van der Waals surface area contributed by atoms with E-state index in [1.807, 2.05) is 68.4 Å². The molecular weight excluding hydrogens is 300 g/mol. The van der Waals surface area contributed by atoms with Crippen LogP contribution in [0.3, 0.4) is 0 Å². The molecule has 4 nitrogen and oxygen atoms in total. The maximum absolute atomic E-state index is 13.0. The van der Waals surface area contributed by atoms with E-state index in [0.29, 0.717) is 13.1 Å². The van der Waals surface area contributed by atoms with Crippen molar-refractivity contribution < 1.29 is 9.59 Å². The van der Waals surface area contributed by atoms with Crippen molar-refractivity contribution in [2.45, 2.75) is 20.3 Å². The first-order chi connectivity index (χ1) is 11.6. The first kappa shape index (κ1) is 16.2. The summed E-state index contributed by atoms with van der Waals surface area (Å²) in [6.07, 6.45) is 0.274. The molecule has 0 radical (unpaired) electrons. The number of aryl methyl sites for hydroxylation is 1. The van der Waals surface area contributed by atoms with Crippen molar-refractivity contribution in [2.24, 2.45) is 5.92 Å². The molecule has 1 saturated heterocycles. The number of benzene rings is 2. The second-order valence-corrected chi connectivity index (χ2v) is 6.11. The topological polar surface area (TPSA) is 40.6 Å². The summed E-state index contributed by atoms with van der Waals surface area (Å²) in [5.74, 6) is -0.253. The van der Waals surface area contributed by atoms with Crippen molar-refractivity contribution in [3.8, 4) is 0 Å². The van der Waals surface area contributed by atoms with Crippen LogP contribution in [0.2, 0.25) is 0 Å². The number of para-hydroxylation sites is 2. The summed E-state index contributed by atoms with van der Waals surface area (Å²) in [6.45, 7) is 5.02.